The molecule has 20 heavy (non-hydrogen) atoms. The Balaban J connectivity index is 1.89. The Bertz CT molecular complexity index is 293. The molecule has 0 radical (unpaired) electrons. The van der Waals surface area contributed by atoms with Crippen molar-refractivity contribution in [1.82, 2.24) is 15.1 Å². The van der Waals surface area contributed by atoms with Gasteiger partial charge in [-0.15, -0.1) is 0 Å². The maximum absolute atomic E-state index is 9.85. The van der Waals surface area contributed by atoms with Crippen LogP contribution in [0.5, 0.6) is 0 Å². The molecule has 2 N–H and O–H groups in total. The van der Waals surface area contributed by atoms with Gasteiger partial charge < -0.3 is 15.3 Å². The fourth-order valence-electron chi connectivity index (χ4n) is 3.48. The van der Waals surface area contributed by atoms with Gasteiger partial charge in [-0.25, -0.2) is 0 Å². The van der Waals surface area contributed by atoms with Crippen molar-refractivity contribution in [2.45, 2.75) is 63.1 Å². The van der Waals surface area contributed by atoms with Crippen LogP contribution in [0.25, 0.3) is 0 Å². The van der Waals surface area contributed by atoms with Gasteiger partial charge in [0.15, 0.2) is 0 Å². The van der Waals surface area contributed by atoms with Crippen LogP contribution in [0.2, 0.25) is 0 Å². The highest BCUT2D eigenvalue weighted by Crippen LogP contribution is 2.36. The second-order valence-electron chi connectivity index (χ2n) is 7.09. The van der Waals surface area contributed by atoms with Gasteiger partial charge in [0.2, 0.25) is 0 Å². The highest BCUT2D eigenvalue weighted by atomic mass is 16.3. The molecule has 2 atom stereocenters. The average Bonchev–Trinajstić information content (AvgIpc) is 3.12. The van der Waals surface area contributed by atoms with E-state index in [2.05, 4.69) is 36.1 Å². The SMILES string of the molecule is CCCN(CCN(C)C)C1CCC(CO)(NC2CC2)C1. The molecular formula is C16H33N3O. The summed E-state index contributed by atoms with van der Waals surface area (Å²) >= 11 is 0. The van der Waals surface area contributed by atoms with Crippen molar-refractivity contribution in [3.8, 4) is 0 Å². The minimum absolute atomic E-state index is 0.00986. The zero-order valence-corrected chi connectivity index (χ0v) is 13.6. The predicted octanol–water partition coefficient (Wildman–Crippen LogP) is 1.30. The van der Waals surface area contributed by atoms with Crippen molar-refractivity contribution in [1.29, 1.82) is 0 Å². The Morgan fingerprint density at radius 3 is 2.45 bits per heavy atom. The monoisotopic (exact) mass is 283 g/mol. The maximum Gasteiger partial charge on any atom is 0.0614 e. The van der Waals surface area contributed by atoms with Crippen molar-refractivity contribution in [2.24, 2.45) is 0 Å². The lowest BCUT2D eigenvalue weighted by Crippen LogP contribution is -2.49. The van der Waals surface area contributed by atoms with Gasteiger partial charge in [0.1, 0.15) is 0 Å². The molecule has 0 aromatic heterocycles. The Morgan fingerprint density at radius 2 is 1.90 bits per heavy atom. The number of hydrogen-bond donors (Lipinski definition) is 2. The molecule has 2 unspecified atom stereocenters. The third kappa shape index (κ3) is 4.42. The van der Waals surface area contributed by atoms with Crippen LogP contribution in [-0.2, 0) is 0 Å². The van der Waals surface area contributed by atoms with E-state index >= 15 is 0 Å². The van der Waals surface area contributed by atoms with Crippen LogP contribution < -0.4 is 5.32 Å². The maximum atomic E-state index is 9.85. The third-order valence-corrected chi connectivity index (χ3v) is 4.83. The smallest absolute Gasteiger partial charge is 0.0614 e. The lowest BCUT2D eigenvalue weighted by Gasteiger charge is -2.33. The van der Waals surface area contributed by atoms with E-state index in [1.807, 2.05) is 0 Å². The van der Waals surface area contributed by atoms with Gasteiger partial charge >= 0.3 is 0 Å². The zero-order chi connectivity index (χ0) is 14.6. The lowest BCUT2D eigenvalue weighted by molar-refractivity contribution is 0.136. The Labute approximate surface area is 124 Å². The van der Waals surface area contributed by atoms with E-state index < -0.39 is 0 Å². The molecule has 4 nitrogen and oxygen atoms in total. The van der Waals surface area contributed by atoms with Crippen LogP contribution in [0.1, 0.15) is 45.4 Å². The highest BCUT2D eigenvalue weighted by Gasteiger charge is 2.43. The normalized spacial score (nSPS) is 30.6. The fraction of sp³-hybridized carbons (Fsp3) is 1.00. The number of likely N-dealkylation sites (N-methyl/N-ethyl adjacent to an activating group) is 1. The Hall–Kier alpha value is -0.160. The first-order valence-corrected chi connectivity index (χ1v) is 8.36. The van der Waals surface area contributed by atoms with Crippen LogP contribution >= 0.6 is 0 Å². The summed E-state index contributed by atoms with van der Waals surface area (Å²) < 4.78 is 0. The number of nitrogens with one attached hydrogen (secondary N) is 1. The Morgan fingerprint density at radius 1 is 1.15 bits per heavy atom. The first-order valence-electron chi connectivity index (χ1n) is 8.36. The first-order chi connectivity index (χ1) is 9.58. The average molecular weight is 283 g/mol. The van der Waals surface area contributed by atoms with E-state index in [4.69, 9.17) is 0 Å². The van der Waals surface area contributed by atoms with E-state index in [0.717, 1.165) is 25.9 Å². The van der Waals surface area contributed by atoms with E-state index in [9.17, 15) is 5.11 Å². The molecule has 2 aliphatic rings. The molecule has 0 amide bonds. The zero-order valence-electron chi connectivity index (χ0n) is 13.6. The minimum atomic E-state index is 0.00986. The van der Waals surface area contributed by atoms with Crippen LogP contribution in [0.15, 0.2) is 0 Å². The van der Waals surface area contributed by atoms with Gasteiger partial charge in [-0.1, -0.05) is 6.92 Å². The molecule has 0 saturated heterocycles. The van der Waals surface area contributed by atoms with Crippen molar-refractivity contribution in [2.75, 3.05) is 40.3 Å². The van der Waals surface area contributed by atoms with Crippen molar-refractivity contribution >= 4 is 0 Å². The summed E-state index contributed by atoms with van der Waals surface area (Å²) in [5, 5.41) is 13.6. The summed E-state index contributed by atoms with van der Waals surface area (Å²) in [7, 11) is 4.29. The number of aliphatic hydroxyl groups excluding tert-OH is 1. The molecule has 2 aliphatic carbocycles. The van der Waals surface area contributed by atoms with E-state index in [0.29, 0.717) is 18.7 Å². The molecule has 2 rings (SSSR count). The molecule has 2 fully saturated rings. The standard InChI is InChI=1S/C16H33N3O/c1-4-9-19(11-10-18(2)3)15-7-8-16(12-15,13-20)17-14-5-6-14/h14-15,17,20H,4-13H2,1-3H3. The second kappa shape index (κ2) is 7.21. The number of aliphatic hydroxyl groups is 1. The van der Waals surface area contributed by atoms with E-state index in [-0.39, 0.29) is 5.54 Å². The van der Waals surface area contributed by atoms with Crippen LogP contribution in [-0.4, -0.2) is 72.9 Å². The molecule has 118 valence electrons. The molecule has 0 aliphatic heterocycles. The van der Waals surface area contributed by atoms with Gasteiger partial charge in [0, 0.05) is 30.7 Å². The summed E-state index contributed by atoms with van der Waals surface area (Å²) in [6.07, 6.45) is 7.29. The van der Waals surface area contributed by atoms with E-state index in [1.165, 1.54) is 32.2 Å². The van der Waals surface area contributed by atoms with Crippen LogP contribution in [0, 0.1) is 0 Å². The molecule has 0 spiro atoms. The summed E-state index contributed by atoms with van der Waals surface area (Å²) in [6, 6.07) is 1.33. The van der Waals surface area contributed by atoms with Crippen molar-refractivity contribution in [3.05, 3.63) is 0 Å². The van der Waals surface area contributed by atoms with Crippen LogP contribution in [0.4, 0.5) is 0 Å². The Kier molecular flexibility index (Phi) is 5.84. The number of nitrogens with zero attached hydrogens (tertiary/aromatic N) is 2. The minimum Gasteiger partial charge on any atom is -0.394 e. The van der Waals surface area contributed by atoms with Gasteiger partial charge in [-0.05, 0) is 59.2 Å². The third-order valence-electron chi connectivity index (χ3n) is 4.83. The van der Waals surface area contributed by atoms with Gasteiger partial charge in [0.25, 0.3) is 0 Å². The lowest BCUT2D eigenvalue weighted by atomic mass is 9.98. The van der Waals surface area contributed by atoms with Gasteiger partial charge in [-0.3, -0.25) is 4.90 Å². The molecule has 0 aromatic rings. The summed E-state index contributed by atoms with van der Waals surface area (Å²) in [5.41, 5.74) is 0.00986. The predicted molar refractivity (Wildman–Crippen MR) is 84.0 cm³/mol. The quantitative estimate of drug-likeness (QED) is 0.669. The van der Waals surface area contributed by atoms with Crippen molar-refractivity contribution in [3.63, 3.8) is 0 Å². The van der Waals surface area contributed by atoms with E-state index in [1.54, 1.807) is 0 Å². The largest absolute Gasteiger partial charge is 0.394 e. The number of rotatable bonds is 9. The summed E-state index contributed by atoms with van der Waals surface area (Å²) in [6.45, 7) is 6.02. The highest BCUT2D eigenvalue weighted by molar-refractivity contribution is 5.03. The summed E-state index contributed by atoms with van der Waals surface area (Å²) in [5.74, 6) is 0. The number of hydrogen-bond acceptors (Lipinski definition) is 4. The van der Waals surface area contributed by atoms with Crippen molar-refractivity contribution < 1.29 is 5.11 Å². The molecule has 0 aromatic carbocycles. The molecule has 2 saturated carbocycles. The second-order valence-corrected chi connectivity index (χ2v) is 7.09. The van der Waals surface area contributed by atoms with Crippen LogP contribution in [0.3, 0.4) is 0 Å². The van der Waals surface area contributed by atoms with Gasteiger partial charge in [0.05, 0.1) is 6.61 Å². The van der Waals surface area contributed by atoms with Gasteiger partial charge in [-0.2, -0.15) is 0 Å². The molecule has 0 heterocycles. The topological polar surface area (TPSA) is 38.7 Å². The molecule has 4 heteroatoms. The first kappa shape index (κ1) is 16.2. The molecule has 0 bridgehead atoms. The fourth-order valence-corrected chi connectivity index (χ4v) is 3.48. The molecular weight excluding hydrogens is 250 g/mol. The summed E-state index contributed by atoms with van der Waals surface area (Å²) in [4.78, 5) is 4.91.